The van der Waals surface area contributed by atoms with Crippen LogP contribution >= 0.6 is 11.3 Å². The zero-order valence-corrected chi connectivity index (χ0v) is 12.3. The van der Waals surface area contributed by atoms with Crippen molar-refractivity contribution < 1.29 is 19.4 Å². The maximum absolute atomic E-state index is 12.3. The molecule has 0 aliphatic carbocycles. The number of nitrogens with one attached hydrogen (secondary N) is 1. The van der Waals surface area contributed by atoms with Gasteiger partial charge in [0.25, 0.3) is 5.91 Å². The lowest BCUT2D eigenvalue weighted by molar-refractivity contribution is 0.0698. The minimum Gasteiger partial charge on any atom is -0.495 e. The molecular weight excluding hydrogens is 292 g/mol. The van der Waals surface area contributed by atoms with Gasteiger partial charge < -0.3 is 20.9 Å². The predicted molar refractivity (Wildman–Crippen MR) is 81.4 cm³/mol. The molecule has 0 saturated carbocycles. The summed E-state index contributed by atoms with van der Waals surface area (Å²) in [5.74, 6) is -1.17. The molecule has 1 aromatic heterocycles. The number of nitrogens with two attached hydrogens (primary N) is 1. The summed E-state index contributed by atoms with van der Waals surface area (Å²) in [5, 5.41) is 12.0. The zero-order valence-electron chi connectivity index (χ0n) is 11.5. The fourth-order valence-electron chi connectivity index (χ4n) is 1.86. The van der Waals surface area contributed by atoms with Gasteiger partial charge in [-0.2, -0.15) is 0 Å². The molecule has 110 valence electrons. The molecule has 2 aromatic rings. The van der Waals surface area contributed by atoms with Crippen molar-refractivity contribution in [2.24, 2.45) is 0 Å². The third kappa shape index (κ3) is 2.97. The van der Waals surface area contributed by atoms with Gasteiger partial charge in [-0.3, -0.25) is 4.79 Å². The van der Waals surface area contributed by atoms with Crippen molar-refractivity contribution >= 4 is 33.9 Å². The Bertz CT molecular complexity index is 709. The minimum absolute atomic E-state index is 0.0623. The number of carboxylic acids is 1. The number of hydrogen-bond donors (Lipinski definition) is 3. The van der Waals surface area contributed by atoms with Crippen molar-refractivity contribution in [2.45, 2.75) is 6.92 Å². The van der Waals surface area contributed by atoms with Gasteiger partial charge in [0.1, 0.15) is 10.8 Å². The molecule has 0 fully saturated rings. The number of amides is 1. The number of methoxy groups -OCH3 is 1. The number of thiophene rings is 1. The molecule has 0 saturated heterocycles. The number of carbonyl (C=O) groups excluding carboxylic acids is 1. The third-order valence-electron chi connectivity index (χ3n) is 2.84. The van der Waals surface area contributed by atoms with Gasteiger partial charge in [-0.25, -0.2) is 4.79 Å². The molecule has 4 N–H and O–H groups in total. The number of rotatable bonds is 4. The number of carbonyl (C=O) groups is 2. The Morgan fingerprint density at radius 2 is 2.05 bits per heavy atom. The molecule has 0 unspecified atom stereocenters. The molecule has 7 heteroatoms. The van der Waals surface area contributed by atoms with E-state index in [4.69, 9.17) is 15.6 Å². The van der Waals surface area contributed by atoms with Crippen molar-refractivity contribution in [3.63, 3.8) is 0 Å². The SMILES string of the molecule is COc1cccc(C(=O)Nc2sc(C)cc2C(=O)O)c1N. The van der Waals surface area contributed by atoms with E-state index in [1.807, 2.05) is 0 Å². The first-order valence-corrected chi connectivity index (χ1v) is 6.83. The molecule has 1 heterocycles. The fourth-order valence-corrected chi connectivity index (χ4v) is 2.76. The Hall–Kier alpha value is -2.54. The number of para-hydroxylation sites is 1. The number of ether oxygens (including phenoxy) is 1. The van der Waals surface area contributed by atoms with E-state index < -0.39 is 11.9 Å². The van der Waals surface area contributed by atoms with E-state index in [1.54, 1.807) is 25.1 Å². The average Bonchev–Trinajstić information content (AvgIpc) is 2.80. The van der Waals surface area contributed by atoms with Crippen molar-refractivity contribution in [3.05, 3.63) is 40.3 Å². The van der Waals surface area contributed by atoms with Crippen LogP contribution in [-0.4, -0.2) is 24.1 Å². The first-order valence-electron chi connectivity index (χ1n) is 6.01. The van der Waals surface area contributed by atoms with Gasteiger partial charge in [0.15, 0.2) is 0 Å². The standard InChI is InChI=1S/C14H14N2O4S/c1-7-6-9(14(18)19)13(21-7)16-12(17)8-4-3-5-10(20-2)11(8)15/h3-6H,15H2,1-2H3,(H,16,17)(H,18,19). The first kappa shape index (κ1) is 14.9. The number of benzene rings is 1. The number of carboxylic acid groups (broad SMARTS) is 1. The molecule has 1 aromatic carbocycles. The lowest BCUT2D eigenvalue weighted by Crippen LogP contribution is -2.15. The normalized spacial score (nSPS) is 10.2. The van der Waals surface area contributed by atoms with E-state index in [9.17, 15) is 9.59 Å². The zero-order chi connectivity index (χ0) is 15.6. The van der Waals surface area contributed by atoms with Crippen LogP contribution in [0, 0.1) is 6.92 Å². The number of aromatic carboxylic acids is 1. The van der Waals surface area contributed by atoms with Crippen LogP contribution in [0.4, 0.5) is 10.7 Å². The topological polar surface area (TPSA) is 102 Å². The van der Waals surface area contributed by atoms with Crippen LogP contribution in [-0.2, 0) is 0 Å². The first-order chi connectivity index (χ1) is 9.93. The van der Waals surface area contributed by atoms with Crippen LogP contribution in [0.15, 0.2) is 24.3 Å². The molecule has 1 amide bonds. The Kier molecular flexibility index (Phi) is 4.13. The van der Waals surface area contributed by atoms with Gasteiger partial charge in [0.2, 0.25) is 0 Å². The molecule has 6 nitrogen and oxygen atoms in total. The molecule has 0 radical (unpaired) electrons. The summed E-state index contributed by atoms with van der Waals surface area (Å²) in [4.78, 5) is 24.2. The Morgan fingerprint density at radius 1 is 1.33 bits per heavy atom. The highest BCUT2D eigenvalue weighted by molar-refractivity contribution is 7.16. The maximum Gasteiger partial charge on any atom is 0.338 e. The summed E-state index contributed by atoms with van der Waals surface area (Å²) in [5.41, 5.74) is 6.36. The van der Waals surface area contributed by atoms with Crippen molar-refractivity contribution in [2.75, 3.05) is 18.2 Å². The van der Waals surface area contributed by atoms with Gasteiger partial charge in [-0.15, -0.1) is 11.3 Å². The molecule has 0 bridgehead atoms. The molecule has 0 spiro atoms. The van der Waals surface area contributed by atoms with E-state index >= 15 is 0 Å². The monoisotopic (exact) mass is 306 g/mol. The number of hydrogen-bond acceptors (Lipinski definition) is 5. The second-order valence-electron chi connectivity index (χ2n) is 4.28. The van der Waals surface area contributed by atoms with Crippen LogP contribution in [0.5, 0.6) is 5.75 Å². The van der Waals surface area contributed by atoms with Crippen LogP contribution < -0.4 is 15.8 Å². The summed E-state index contributed by atoms with van der Waals surface area (Å²) in [6.45, 7) is 1.77. The highest BCUT2D eigenvalue weighted by atomic mass is 32.1. The van der Waals surface area contributed by atoms with Gasteiger partial charge >= 0.3 is 5.97 Å². The Labute approximate surface area is 125 Å². The largest absolute Gasteiger partial charge is 0.495 e. The molecular formula is C14H14N2O4S. The summed E-state index contributed by atoms with van der Waals surface area (Å²) < 4.78 is 5.06. The van der Waals surface area contributed by atoms with Gasteiger partial charge in [0, 0.05) is 4.88 Å². The Morgan fingerprint density at radius 3 is 2.67 bits per heavy atom. The summed E-state index contributed by atoms with van der Waals surface area (Å²) in [6, 6.07) is 6.34. The quantitative estimate of drug-likeness (QED) is 0.754. The molecule has 0 atom stereocenters. The van der Waals surface area contributed by atoms with Crippen molar-refractivity contribution in [1.29, 1.82) is 0 Å². The number of aryl methyl sites for hydroxylation is 1. The second kappa shape index (κ2) is 5.84. The summed E-state index contributed by atoms with van der Waals surface area (Å²) in [6.07, 6.45) is 0. The van der Waals surface area contributed by atoms with E-state index in [-0.39, 0.29) is 21.8 Å². The average molecular weight is 306 g/mol. The highest BCUT2D eigenvalue weighted by Gasteiger charge is 2.19. The van der Waals surface area contributed by atoms with Crippen LogP contribution in [0.25, 0.3) is 0 Å². The Balaban J connectivity index is 2.33. The molecule has 2 rings (SSSR count). The molecule has 0 aliphatic rings. The lowest BCUT2D eigenvalue weighted by atomic mass is 10.1. The van der Waals surface area contributed by atoms with E-state index in [2.05, 4.69) is 5.32 Å². The van der Waals surface area contributed by atoms with E-state index in [0.717, 1.165) is 4.88 Å². The molecule has 21 heavy (non-hydrogen) atoms. The predicted octanol–water partition coefficient (Wildman–Crippen LogP) is 2.60. The van der Waals surface area contributed by atoms with Crippen LogP contribution in [0.3, 0.4) is 0 Å². The smallest absolute Gasteiger partial charge is 0.338 e. The summed E-state index contributed by atoms with van der Waals surface area (Å²) in [7, 11) is 1.46. The highest BCUT2D eigenvalue weighted by Crippen LogP contribution is 2.30. The van der Waals surface area contributed by atoms with Crippen LogP contribution in [0.2, 0.25) is 0 Å². The van der Waals surface area contributed by atoms with Crippen LogP contribution in [0.1, 0.15) is 25.6 Å². The fraction of sp³-hybridized carbons (Fsp3) is 0.143. The van der Waals surface area contributed by atoms with Gasteiger partial charge in [0.05, 0.1) is 23.9 Å². The van der Waals surface area contributed by atoms with Crippen molar-refractivity contribution in [3.8, 4) is 5.75 Å². The summed E-state index contributed by atoms with van der Waals surface area (Å²) >= 11 is 1.20. The minimum atomic E-state index is -1.09. The van der Waals surface area contributed by atoms with Gasteiger partial charge in [-0.05, 0) is 25.1 Å². The number of anilines is 2. The van der Waals surface area contributed by atoms with Crippen molar-refractivity contribution in [1.82, 2.24) is 0 Å². The number of nitrogen functional groups attached to an aromatic ring is 1. The maximum atomic E-state index is 12.3. The second-order valence-corrected chi connectivity index (χ2v) is 5.54. The van der Waals surface area contributed by atoms with E-state index in [1.165, 1.54) is 24.5 Å². The van der Waals surface area contributed by atoms with Gasteiger partial charge in [-0.1, -0.05) is 6.07 Å². The molecule has 0 aliphatic heterocycles. The third-order valence-corrected chi connectivity index (χ3v) is 3.81. The van der Waals surface area contributed by atoms with E-state index in [0.29, 0.717) is 5.75 Å². The lowest BCUT2D eigenvalue weighted by Gasteiger charge is -2.10.